The van der Waals surface area contributed by atoms with Gasteiger partial charge in [0, 0.05) is 0 Å². The minimum absolute atomic E-state index is 0.354. The van der Waals surface area contributed by atoms with E-state index in [1.165, 1.54) is 56.2 Å². The summed E-state index contributed by atoms with van der Waals surface area (Å²) in [5, 5.41) is 0. The number of benzene rings is 2. The van der Waals surface area contributed by atoms with Crippen molar-refractivity contribution in [2.75, 3.05) is 0 Å². The molecule has 0 saturated carbocycles. The summed E-state index contributed by atoms with van der Waals surface area (Å²) in [6.45, 7) is 18.4. The summed E-state index contributed by atoms with van der Waals surface area (Å²) in [5.41, 5.74) is 12.8. The molecular formula is C24H33B. The van der Waals surface area contributed by atoms with Crippen LogP contribution < -0.4 is 10.9 Å². The van der Waals surface area contributed by atoms with Gasteiger partial charge >= 0.3 is 0 Å². The van der Waals surface area contributed by atoms with Crippen LogP contribution in [0.3, 0.4) is 0 Å². The Kier molecular flexibility index (Phi) is 6.33. The zero-order valence-corrected chi connectivity index (χ0v) is 17.4. The number of hydrogen-bond donors (Lipinski definition) is 0. The van der Waals surface area contributed by atoms with Crippen molar-refractivity contribution in [3.8, 4) is 0 Å². The van der Waals surface area contributed by atoms with E-state index in [2.05, 4.69) is 85.7 Å². The van der Waals surface area contributed by atoms with Gasteiger partial charge < -0.3 is 0 Å². The number of aryl methyl sites for hydroxylation is 6. The van der Waals surface area contributed by atoms with E-state index in [0.29, 0.717) is 6.71 Å². The van der Waals surface area contributed by atoms with Crippen molar-refractivity contribution in [3.05, 3.63) is 69.2 Å². The minimum atomic E-state index is 0.354. The molecule has 0 heterocycles. The molecule has 25 heavy (non-hydrogen) atoms. The molecule has 0 bridgehead atoms. The number of hydrogen-bond acceptors (Lipinski definition) is 0. The highest BCUT2D eigenvalue weighted by molar-refractivity contribution is 6.92. The van der Waals surface area contributed by atoms with Gasteiger partial charge in [-0.3, -0.25) is 0 Å². The highest BCUT2D eigenvalue weighted by Gasteiger charge is 2.27. The quantitative estimate of drug-likeness (QED) is 0.640. The molecule has 0 atom stereocenters. The molecule has 0 aromatic heterocycles. The van der Waals surface area contributed by atoms with Crippen molar-refractivity contribution in [2.45, 2.75) is 68.2 Å². The monoisotopic (exact) mass is 332 g/mol. The van der Waals surface area contributed by atoms with Crippen LogP contribution in [0, 0.1) is 41.5 Å². The predicted octanol–water partition coefficient (Wildman–Crippen LogP) is 5.43. The Morgan fingerprint density at radius 1 is 0.760 bits per heavy atom. The second kappa shape index (κ2) is 8.08. The maximum Gasteiger partial charge on any atom is 0.237 e. The molecule has 0 aliphatic carbocycles. The number of rotatable bonds is 5. The SMILES string of the molecule is CCC/C=C(\C)B(c1c(C)cc(C)cc1C)c1c(C)cc(C)cc1C. The van der Waals surface area contributed by atoms with Gasteiger partial charge in [-0.1, -0.05) is 100 Å². The largest absolute Gasteiger partial charge is 0.237 e. The van der Waals surface area contributed by atoms with Crippen LogP contribution in [0.15, 0.2) is 35.8 Å². The first-order valence-corrected chi connectivity index (χ1v) is 9.58. The van der Waals surface area contributed by atoms with Crippen LogP contribution in [-0.2, 0) is 0 Å². The third-order valence-corrected chi connectivity index (χ3v) is 5.26. The summed E-state index contributed by atoms with van der Waals surface area (Å²) in [6.07, 6.45) is 4.79. The fourth-order valence-electron chi connectivity index (χ4n) is 4.38. The lowest BCUT2D eigenvalue weighted by Gasteiger charge is -2.25. The van der Waals surface area contributed by atoms with Gasteiger partial charge in [-0.2, -0.15) is 0 Å². The summed E-state index contributed by atoms with van der Waals surface area (Å²) < 4.78 is 0. The van der Waals surface area contributed by atoms with E-state index < -0.39 is 0 Å². The van der Waals surface area contributed by atoms with Crippen molar-refractivity contribution in [1.82, 2.24) is 0 Å². The second-order valence-electron chi connectivity index (χ2n) is 7.79. The highest BCUT2D eigenvalue weighted by Crippen LogP contribution is 2.16. The van der Waals surface area contributed by atoms with Gasteiger partial charge in [0.25, 0.3) is 0 Å². The molecule has 0 aliphatic heterocycles. The molecule has 0 aliphatic rings. The summed E-state index contributed by atoms with van der Waals surface area (Å²) in [7, 11) is 0. The molecule has 0 fully saturated rings. The first-order valence-electron chi connectivity index (χ1n) is 9.58. The molecule has 0 saturated heterocycles. The Morgan fingerprint density at radius 3 is 1.44 bits per heavy atom. The lowest BCUT2D eigenvalue weighted by atomic mass is 9.34. The molecular weight excluding hydrogens is 299 g/mol. The standard InChI is InChI=1S/C24H33B/c1-9-10-11-22(8)25(23-18(4)12-16(2)13-19(23)5)24-20(6)14-17(3)15-21(24)7/h11-15H,9-10H2,1-8H3/b22-11+. The Bertz CT molecular complexity index is 692. The van der Waals surface area contributed by atoms with Crippen molar-refractivity contribution in [3.63, 3.8) is 0 Å². The van der Waals surface area contributed by atoms with Crippen molar-refractivity contribution < 1.29 is 0 Å². The van der Waals surface area contributed by atoms with Crippen LogP contribution in [0.5, 0.6) is 0 Å². The normalized spacial score (nSPS) is 11.8. The third kappa shape index (κ3) is 4.26. The van der Waals surface area contributed by atoms with E-state index in [-0.39, 0.29) is 0 Å². The molecule has 1 heteroatoms. The summed E-state index contributed by atoms with van der Waals surface area (Å²) in [5.74, 6) is 0. The topological polar surface area (TPSA) is 0 Å². The molecule has 2 rings (SSSR count). The lowest BCUT2D eigenvalue weighted by molar-refractivity contribution is 0.954. The molecule has 132 valence electrons. The first-order chi connectivity index (χ1) is 11.8. The smallest absolute Gasteiger partial charge is 0.0979 e. The van der Waals surface area contributed by atoms with E-state index in [0.717, 1.165) is 6.42 Å². The summed E-state index contributed by atoms with van der Waals surface area (Å²) in [4.78, 5) is 0. The van der Waals surface area contributed by atoms with Crippen LogP contribution in [0.25, 0.3) is 0 Å². The van der Waals surface area contributed by atoms with Gasteiger partial charge in [-0.25, -0.2) is 0 Å². The number of unbranched alkanes of at least 4 members (excludes halogenated alkanes) is 1. The fraction of sp³-hybridized carbons (Fsp3) is 0.417. The summed E-state index contributed by atoms with van der Waals surface area (Å²) in [6, 6.07) is 9.34. The van der Waals surface area contributed by atoms with Gasteiger partial charge in [0.2, 0.25) is 6.71 Å². The zero-order valence-electron chi connectivity index (χ0n) is 17.4. The minimum Gasteiger partial charge on any atom is -0.0979 e. The molecule has 0 N–H and O–H groups in total. The van der Waals surface area contributed by atoms with Gasteiger partial charge in [0.1, 0.15) is 0 Å². The van der Waals surface area contributed by atoms with Crippen molar-refractivity contribution in [2.24, 2.45) is 0 Å². The van der Waals surface area contributed by atoms with Gasteiger partial charge in [0.15, 0.2) is 0 Å². The van der Waals surface area contributed by atoms with E-state index in [1.807, 2.05) is 0 Å². The maximum absolute atomic E-state index is 2.45. The van der Waals surface area contributed by atoms with Crippen LogP contribution in [0.1, 0.15) is 60.1 Å². The Hall–Kier alpha value is -1.76. The molecule has 2 aromatic carbocycles. The fourth-order valence-corrected chi connectivity index (χ4v) is 4.38. The Labute approximate surface area is 155 Å². The molecule has 0 nitrogen and oxygen atoms in total. The second-order valence-corrected chi connectivity index (χ2v) is 7.79. The highest BCUT2D eigenvalue weighted by atomic mass is 14.1. The van der Waals surface area contributed by atoms with Crippen molar-refractivity contribution >= 4 is 17.6 Å². The Balaban J connectivity index is 2.77. The average Bonchev–Trinajstić information content (AvgIpc) is 2.49. The Morgan fingerprint density at radius 2 is 1.12 bits per heavy atom. The number of allylic oxidation sites excluding steroid dienone is 2. The van der Waals surface area contributed by atoms with E-state index in [1.54, 1.807) is 0 Å². The van der Waals surface area contributed by atoms with Crippen LogP contribution in [0.4, 0.5) is 0 Å². The predicted molar refractivity (Wildman–Crippen MR) is 115 cm³/mol. The van der Waals surface area contributed by atoms with Crippen LogP contribution in [-0.4, -0.2) is 6.71 Å². The molecule has 0 radical (unpaired) electrons. The zero-order chi connectivity index (χ0) is 18.7. The average molecular weight is 332 g/mol. The third-order valence-electron chi connectivity index (χ3n) is 5.26. The van der Waals surface area contributed by atoms with E-state index >= 15 is 0 Å². The molecule has 0 unspecified atom stereocenters. The molecule has 0 spiro atoms. The van der Waals surface area contributed by atoms with Crippen molar-refractivity contribution in [1.29, 1.82) is 0 Å². The van der Waals surface area contributed by atoms with E-state index in [4.69, 9.17) is 0 Å². The van der Waals surface area contributed by atoms with Crippen LogP contribution >= 0.6 is 0 Å². The molecule has 0 amide bonds. The van der Waals surface area contributed by atoms with Crippen LogP contribution in [0.2, 0.25) is 0 Å². The lowest BCUT2D eigenvalue weighted by Crippen LogP contribution is -2.48. The van der Waals surface area contributed by atoms with Gasteiger partial charge in [-0.05, 0) is 48.0 Å². The maximum atomic E-state index is 2.45. The van der Waals surface area contributed by atoms with Gasteiger partial charge in [-0.15, -0.1) is 0 Å². The van der Waals surface area contributed by atoms with Gasteiger partial charge in [0.05, 0.1) is 0 Å². The first kappa shape index (κ1) is 19.6. The van der Waals surface area contributed by atoms with E-state index in [9.17, 15) is 0 Å². The summed E-state index contributed by atoms with van der Waals surface area (Å²) >= 11 is 0. The molecule has 2 aromatic rings.